The van der Waals surface area contributed by atoms with Crippen LogP contribution >= 0.6 is 0 Å². The first-order chi connectivity index (χ1) is 11.7. The van der Waals surface area contributed by atoms with Gasteiger partial charge in [0, 0.05) is 46.6 Å². The number of hydrogen-bond donors (Lipinski definition) is 2. The van der Waals surface area contributed by atoms with Crippen molar-refractivity contribution in [3.8, 4) is 0 Å². The van der Waals surface area contributed by atoms with Crippen molar-refractivity contribution in [2.75, 3.05) is 55.7 Å². The Labute approximate surface area is 150 Å². The van der Waals surface area contributed by atoms with E-state index < -0.39 is 0 Å². The Morgan fingerprint density at radius 1 is 0.680 bits per heavy atom. The minimum absolute atomic E-state index is 0.533. The van der Waals surface area contributed by atoms with Crippen molar-refractivity contribution in [3.05, 3.63) is 22.3 Å². The molecule has 0 aliphatic rings. The molecule has 0 amide bonds. The number of nitrogens with one attached hydrogen (secondary N) is 2. The molecule has 0 fully saturated rings. The average molecular weight is 343 g/mol. The molecule has 0 spiro atoms. The molecule has 25 heavy (non-hydrogen) atoms. The van der Waals surface area contributed by atoms with Crippen LogP contribution in [-0.2, 0) is 0 Å². The third-order valence-corrected chi connectivity index (χ3v) is 4.52. The fourth-order valence-corrected chi connectivity index (χ4v) is 3.00. The summed E-state index contributed by atoms with van der Waals surface area (Å²) in [6.45, 7) is 8.56. The van der Waals surface area contributed by atoms with Gasteiger partial charge in [-0.2, -0.15) is 15.0 Å². The summed E-state index contributed by atoms with van der Waals surface area (Å²) in [5.41, 5.74) is 7.23. The predicted molar refractivity (Wildman–Crippen MR) is 107 cm³/mol. The lowest BCUT2D eigenvalue weighted by Crippen LogP contribution is -2.17. The molecule has 2 rings (SSSR count). The Bertz CT molecular complexity index is 752. The van der Waals surface area contributed by atoms with Crippen molar-refractivity contribution in [2.24, 2.45) is 0 Å². The third-order valence-electron chi connectivity index (χ3n) is 4.52. The Balaban J connectivity index is 2.56. The van der Waals surface area contributed by atoms with Gasteiger partial charge in [0.05, 0.1) is 0 Å². The van der Waals surface area contributed by atoms with Gasteiger partial charge in [0.2, 0.25) is 17.8 Å². The summed E-state index contributed by atoms with van der Waals surface area (Å²) in [5, 5.41) is 6.40. The maximum atomic E-state index is 4.52. The molecular weight excluding hydrogens is 314 g/mol. The minimum Gasteiger partial charge on any atom is -0.377 e. The second kappa shape index (κ2) is 7.13. The Morgan fingerprint density at radius 3 is 1.64 bits per heavy atom. The molecule has 0 saturated carbocycles. The molecule has 0 atom stereocenters. The molecule has 7 nitrogen and oxygen atoms in total. The lowest BCUT2D eigenvalue weighted by molar-refractivity contribution is 0.961. The first-order valence-electron chi connectivity index (χ1n) is 8.33. The van der Waals surface area contributed by atoms with Crippen LogP contribution in [0.4, 0.5) is 29.2 Å². The fourth-order valence-electron chi connectivity index (χ4n) is 3.00. The van der Waals surface area contributed by atoms with Crippen molar-refractivity contribution in [1.29, 1.82) is 0 Å². The highest BCUT2D eigenvalue weighted by Crippen LogP contribution is 2.36. The highest BCUT2D eigenvalue weighted by molar-refractivity contribution is 5.76. The van der Waals surface area contributed by atoms with Crippen molar-refractivity contribution in [2.45, 2.75) is 27.7 Å². The average Bonchev–Trinajstić information content (AvgIpc) is 2.56. The van der Waals surface area contributed by atoms with Gasteiger partial charge in [-0.15, -0.1) is 0 Å². The molecule has 0 saturated heterocycles. The zero-order chi connectivity index (χ0) is 18.9. The van der Waals surface area contributed by atoms with E-state index in [0.717, 1.165) is 5.69 Å². The van der Waals surface area contributed by atoms with Crippen LogP contribution in [0.3, 0.4) is 0 Å². The standard InChI is InChI=1S/C18H29N7/c1-10-12(3)15(24(6)7)13(4)11(2)14(10)20-17-21-16(19-5)22-18(23-17)25(8)9/h1-9H3,(H2,19,20,21,22,23). The maximum absolute atomic E-state index is 4.52. The lowest BCUT2D eigenvalue weighted by Gasteiger charge is -2.25. The summed E-state index contributed by atoms with van der Waals surface area (Å²) in [4.78, 5) is 17.3. The Kier molecular flexibility index (Phi) is 5.35. The van der Waals surface area contributed by atoms with Crippen LogP contribution in [-0.4, -0.2) is 50.2 Å². The second-order valence-electron chi connectivity index (χ2n) is 6.67. The van der Waals surface area contributed by atoms with Crippen LogP contribution in [0.25, 0.3) is 0 Å². The van der Waals surface area contributed by atoms with Crippen molar-refractivity contribution < 1.29 is 0 Å². The first-order valence-corrected chi connectivity index (χ1v) is 8.33. The molecule has 0 bridgehead atoms. The van der Waals surface area contributed by atoms with Crippen LogP contribution in [0.1, 0.15) is 22.3 Å². The second-order valence-corrected chi connectivity index (χ2v) is 6.67. The van der Waals surface area contributed by atoms with Crippen LogP contribution in [0.2, 0.25) is 0 Å². The molecule has 1 aromatic heterocycles. The van der Waals surface area contributed by atoms with Gasteiger partial charge in [0.1, 0.15) is 0 Å². The van der Waals surface area contributed by atoms with Gasteiger partial charge in [-0.3, -0.25) is 0 Å². The number of rotatable bonds is 5. The van der Waals surface area contributed by atoms with Crippen molar-refractivity contribution in [1.82, 2.24) is 15.0 Å². The largest absolute Gasteiger partial charge is 0.377 e. The van der Waals surface area contributed by atoms with Crippen molar-refractivity contribution >= 4 is 29.2 Å². The summed E-state index contributed by atoms with van der Waals surface area (Å²) in [6, 6.07) is 0. The molecule has 1 aromatic carbocycles. The highest BCUT2D eigenvalue weighted by Gasteiger charge is 2.17. The zero-order valence-electron chi connectivity index (χ0n) is 16.7. The number of aromatic nitrogens is 3. The summed E-state index contributed by atoms with van der Waals surface area (Å²) < 4.78 is 0. The molecule has 7 heteroatoms. The van der Waals surface area contributed by atoms with Crippen LogP contribution in [0, 0.1) is 27.7 Å². The van der Waals surface area contributed by atoms with Gasteiger partial charge in [-0.05, 0) is 49.9 Å². The molecule has 0 aliphatic carbocycles. The van der Waals surface area contributed by atoms with E-state index in [1.54, 1.807) is 7.05 Å². The summed E-state index contributed by atoms with van der Waals surface area (Å²) in [5.74, 6) is 1.68. The van der Waals surface area contributed by atoms with E-state index in [9.17, 15) is 0 Å². The molecular formula is C18H29N7. The maximum Gasteiger partial charge on any atom is 0.233 e. The van der Waals surface area contributed by atoms with E-state index in [-0.39, 0.29) is 0 Å². The highest BCUT2D eigenvalue weighted by atomic mass is 15.3. The normalized spacial score (nSPS) is 10.6. The van der Waals surface area contributed by atoms with Gasteiger partial charge in [0.15, 0.2) is 0 Å². The van der Waals surface area contributed by atoms with Crippen LogP contribution in [0.5, 0.6) is 0 Å². The van der Waals surface area contributed by atoms with Gasteiger partial charge >= 0.3 is 0 Å². The fraction of sp³-hybridized carbons (Fsp3) is 0.500. The summed E-state index contributed by atoms with van der Waals surface area (Å²) in [6.07, 6.45) is 0. The van der Waals surface area contributed by atoms with E-state index in [1.165, 1.54) is 27.9 Å². The van der Waals surface area contributed by atoms with Gasteiger partial charge < -0.3 is 20.4 Å². The molecule has 2 aromatic rings. The number of benzene rings is 1. The van der Waals surface area contributed by atoms with E-state index in [4.69, 9.17) is 0 Å². The quantitative estimate of drug-likeness (QED) is 0.865. The molecule has 0 aliphatic heterocycles. The monoisotopic (exact) mass is 343 g/mol. The van der Waals surface area contributed by atoms with E-state index in [2.05, 4.69) is 72.3 Å². The zero-order valence-corrected chi connectivity index (χ0v) is 16.7. The van der Waals surface area contributed by atoms with Gasteiger partial charge in [-0.1, -0.05) is 0 Å². The van der Waals surface area contributed by atoms with Crippen LogP contribution < -0.4 is 20.4 Å². The molecule has 0 unspecified atom stereocenters. The number of nitrogens with zero attached hydrogens (tertiary/aromatic N) is 5. The van der Waals surface area contributed by atoms with E-state index in [1.807, 2.05) is 19.0 Å². The first kappa shape index (κ1) is 18.8. The van der Waals surface area contributed by atoms with Gasteiger partial charge in [0.25, 0.3) is 0 Å². The van der Waals surface area contributed by atoms with E-state index >= 15 is 0 Å². The predicted octanol–water partition coefficient (Wildman–Crippen LogP) is 3.02. The topological polar surface area (TPSA) is 69.2 Å². The number of anilines is 5. The summed E-state index contributed by atoms with van der Waals surface area (Å²) >= 11 is 0. The lowest BCUT2D eigenvalue weighted by atomic mass is 9.95. The van der Waals surface area contributed by atoms with E-state index in [0.29, 0.717) is 17.8 Å². The molecule has 0 radical (unpaired) electrons. The minimum atomic E-state index is 0.533. The molecule has 2 N–H and O–H groups in total. The van der Waals surface area contributed by atoms with Crippen LogP contribution in [0.15, 0.2) is 0 Å². The number of hydrogen-bond acceptors (Lipinski definition) is 7. The molecule has 136 valence electrons. The van der Waals surface area contributed by atoms with Crippen molar-refractivity contribution in [3.63, 3.8) is 0 Å². The molecule has 1 heterocycles. The summed E-state index contributed by atoms with van der Waals surface area (Å²) in [7, 11) is 9.78. The third kappa shape index (κ3) is 3.60. The Hall–Kier alpha value is -2.57. The SMILES string of the molecule is CNc1nc(Nc2c(C)c(C)c(N(C)C)c(C)c2C)nc(N(C)C)n1. The Morgan fingerprint density at radius 2 is 1.20 bits per heavy atom. The van der Waals surface area contributed by atoms with Gasteiger partial charge in [-0.25, -0.2) is 0 Å². The smallest absolute Gasteiger partial charge is 0.233 e.